The summed E-state index contributed by atoms with van der Waals surface area (Å²) in [5.41, 5.74) is 8.51. The van der Waals surface area contributed by atoms with E-state index in [0.717, 1.165) is 5.69 Å². The Morgan fingerprint density at radius 3 is 2.53 bits per heavy atom. The summed E-state index contributed by atoms with van der Waals surface area (Å²) in [5.74, 6) is 0.391. The van der Waals surface area contributed by atoms with E-state index < -0.39 is 0 Å². The fraction of sp³-hybridized carbons (Fsp3) is 0.333. The summed E-state index contributed by atoms with van der Waals surface area (Å²) in [6.45, 7) is 4.16. The van der Waals surface area contributed by atoms with Gasteiger partial charge in [0.05, 0.1) is 5.69 Å². The van der Waals surface area contributed by atoms with Gasteiger partial charge in [-0.25, -0.2) is 0 Å². The summed E-state index contributed by atoms with van der Waals surface area (Å²) in [6.07, 6.45) is 0. The molecule has 80 valence electrons. The zero-order chi connectivity index (χ0) is 11.0. The number of H-pyrrole nitrogens is 2. The summed E-state index contributed by atoms with van der Waals surface area (Å²) < 4.78 is 0. The highest BCUT2D eigenvalue weighted by Gasteiger charge is 2.14. The Morgan fingerprint density at radius 1 is 1.33 bits per heavy atom. The summed E-state index contributed by atoms with van der Waals surface area (Å²) in [5, 5.41) is 14.0. The van der Waals surface area contributed by atoms with Gasteiger partial charge in [-0.15, -0.1) is 0 Å². The molecule has 0 saturated carbocycles. The van der Waals surface area contributed by atoms with Crippen LogP contribution in [0.1, 0.15) is 25.5 Å². The van der Waals surface area contributed by atoms with Crippen molar-refractivity contribution in [2.24, 2.45) is 0 Å². The van der Waals surface area contributed by atoms with Gasteiger partial charge in [0.15, 0.2) is 0 Å². The van der Waals surface area contributed by atoms with Crippen molar-refractivity contribution in [1.82, 2.24) is 20.4 Å². The number of nitrogens with zero attached hydrogens (tertiary/aromatic N) is 2. The Labute approximate surface area is 92.0 Å². The molecule has 0 aromatic carbocycles. The van der Waals surface area contributed by atoms with Crippen LogP contribution in [0, 0.1) is 0 Å². The molecule has 0 fully saturated rings. The number of anilines is 1. The highest BCUT2D eigenvalue weighted by Crippen LogP contribution is 2.28. The topological polar surface area (TPSA) is 83.4 Å². The number of aromatic amines is 2. The first-order chi connectivity index (χ1) is 7.09. The SMILES string of the molecule is CC(C)c1cc(-c2n[nH]c(Cl)c2N)n[nH]1. The van der Waals surface area contributed by atoms with E-state index in [-0.39, 0.29) is 0 Å². The molecule has 0 aliphatic carbocycles. The van der Waals surface area contributed by atoms with Crippen molar-refractivity contribution in [3.8, 4) is 11.4 Å². The second-order valence-corrected chi connectivity index (χ2v) is 4.04. The van der Waals surface area contributed by atoms with E-state index in [0.29, 0.717) is 28.1 Å². The second-order valence-electron chi connectivity index (χ2n) is 3.66. The van der Waals surface area contributed by atoms with E-state index in [2.05, 4.69) is 34.2 Å². The Bertz CT molecular complexity index is 471. The highest BCUT2D eigenvalue weighted by atomic mass is 35.5. The largest absolute Gasteiger partial charge is 0.394 e. The lowest BCUT2D eigenvalue weighted by Crippen LogP contribution is -1.87. The Hall–Kier alpha value is -1.49. The first-order valence-corrected chi connectivity index (χ1v) is 5.02. The van der Waals surface area contributed by atoms with Crippen molar-refractivity contribution in [3.05, 3.63) is 16.9 Å². The van der Waals surface area contributed by atoms with Gasteiger partial charge in [0, 0.05) is 5.69 Å². The predicted molar refractivity (Wildman–Crippen MR) is 59.7 cm³/mol. The third-order valence-electron chi connectivity index (χ3n) is 2.22. The van der Waals surface area contributed by atoms with Crippen LogP contribution in [0.25, 0.3) is 11.4 Å². The van der Waals surface area contributed by atoms with Crippen LogP contribution >= 0.6 is 11.6 Å². The molecule has 0 amide bonds. The number of hydrogen-bond acceptors (Lipinski definition) is 3. The zero-order valence-corrected chi connectivity index (χ0v) is 9.26. The number of nitrogens with one attached hydrogen (secondary N) is 2. The molecule has 0 atom stereocenters. The lowest BCUT2D eigenvalue weighted by Gasteiger charge is -1.96. The van der Waals surface area contributed by atoms with Crippen molar-refractivity contribution < 1.29 is 0 Å². The Kier molecular flexibility index (Phi) is 2.40. The summed E-state index contributed by atoms with van der Waals surface area (Å²) >= 11 is 5.77. The average Bonchev–Trinajstić information content (AvgIpc) is 2.76. The van der Waals surface area contributed by atoms with Crippen LogP contribution in [0.5, 0.6) is 0 Å². The fourth-order valence-electron chi connectivity index (χ4n) is 1.28. The van der Waals surface area contributed by atoms with Crippen molar-refractivity contribution >= 4 is 17.3 Å². The van der Waals surface area contributed by atoms with E-state index in [1.807, 2.05) is 6.07 Å². The maximum Gasteiger partial charge on any atom is 0.148 e. The second kappa shape index (κ2) is 3.58. The van der Waals surface area contributed by atoms with Crippen molar-refractivity contribution in [1.29, 1.82) is 0 Å². The number of halogens is 1. The van der Waals surface area contributed by atoms with Gasteiger partial charge in [-0.1, -0.05) is 25.4 Å². The van der Waals surface area contributed by atoms with Gasteiger partial charge in [-0.2, -0.15) is 10.2 Å². The minimum Gasteiger partial charge on any atom is -0.394 e. The van der Waals surface area contributed by atoms with Crippen LogP contribution in [0.15, 0.2) is 6.07 Å². The molecule has 4 N–H and O–H groups in total. The van der Waals surface area contributed by atoms with Gasteiger partial charge < -0.3 is 5.73 Å². The predicted octanol–water partition coefficient (Wildman–Crippen LogP) is 2.16. The number of aromatic nitrogens is 4. The molecule has 15 heavy (non-hydrogen) atoms. The van der Waals surface area contributed by atoms with Gasteiger partial charge in [0.25, 0.3) is 0 Å². The molecular weight excluding hydrogens is 214 g/mol. The molecule has 0 bridgehead atoms. The van der Waals surface area contributed by atoms with E-state index in [4.69, 9.17) is 17.3 Å². The van der Waals surface area contributed by atoms with Crippen LogP contribution in [0.2, 0.25) is 5.15 Å². The minimum atomic E-state index is 0.346. The monoisotopic (exact) mass is 225 g/mol. The maximum atomic E-state index is 5.77. The molecule has 2 rings (SSSR count). The number of nitrogen functional groups attached to an aromatic ring is 1. The van der Waals surface area contributed by atoms with Crippen LogP contribution in [0.4, 0.5) is 5.69 Å². The lowest BCUT2D eigenvalue weighted by atomic mass is 10.1. The lowest BCUT2D eigenvalue weighted by molar-refractivity contribution is 0.810. The number of rotatable bonds is 2. The fourth-order valence-corrected chi connectivity index (χ4v) is 1.41. The molecule has 0 spiro atoms. The molecule has 0 unspecified atom stereocenters. The van der Waals surface area contributed by atoms with Gasteiger partial charge in [0.2, 0.25) is 0 Å². The molecule has 0 aliphatic heterocycles. The smallest absolute Gasteiger partial charge is 0.148 e. The molecule has 2 aromatic rings. The number of nitrogens with two attached hydrogens (primary N) is 1. The van der Waals surface area contributed by atoms with Gasteiger partial charge in [-0.05, 0) is 12.0 Å². The zero-order valence-electron chi connectivity index (χ0n) is 8.50. The van der Waals surface area contributed by atoms with Crippen molar-refractivity contribution in [3.63, 3.8) is 0 Å². The summed E-state index contributed by atoms with van der Waals surface area (Å²) in [6, 6.07) is 1.92. The van der Waals surface area contributed by atoms with Crippen LogP contribution in [-0.4, -0.2) is 20.4 Å². The van der Waals surface area contributed by atoms with E-state index >= 15 is 0 Å². The minimum absolute atomic E-state index is 0.346. The average molecular weight is 226 g/mol. The van der Waals surface area contributed by atoms with E-state index in [1.165, 1.54) is 0 Å². The molecule has 0 saturated heterocycles. The maximum absolute atomic E-state index is 5.77. The standard InChI is InChI=1S/C9H12ClN5/c1-4(2)5-3-6(13-12-5)8-7(11)9(10)15-14-8/h3-4H,11H2,1-2H3,(H,12,13)(H,14,15). The normalized spacial score (nSPS) is 11.2. The molecule has 0 radical (unpaired) electrons. The third-order valence-corrected chi connectivity index (χ3v) is 2.51. The molecule has 2 aromatic heterocycles. The quantitative estimate of drug-likeness (QED) is 0.732. The van der Waals surface area contributed by atoms with Gasteiger partial charge in [0.1, 0.15) is 16.5 Å². The molecule has 6 heteroatoms. The Morgan fingerprint density at radius 2 is 2.07 bits per heavy atom. The van der Waals surface area contributed by atoms with Crippen LogP contribution in [0.3, 0.4) is 0 Å². The molecule has 5 nitrogen and oxygen atoms in total. The van der Waals surface area contributed by atoms with Crippen LogP contribution in [-0.2, 0) is 0 Å². The van der Waals surface area contributed by atoms with E-state index in [1.54, 1.807) is 0 Å². The Balaban J connectivity index is 2.41. The highest BCUT2D eigenvalue weighted by molar-refractivity contribution is 6.32. The molecule has 0 aliphatic rings. The molecule has 2 heterocycles. The van der Waals surface area contributed by atoms with Crippen molar-refractivity contribution in [2.75, 3.05) is 5.73 Å². The number of hydrogen-bond donors (Lipinski definition) is 3. The molecular formula is C9H12ClN5. The van der Waals surface area contributed by atoms with Gasteiger partial charge in [-0.3, -0.25) is 10.2 Å². The first kappa shape index (κ1) is 10.0. The van der Waals surface area contributed by atoms with Gasteiger partial charge >= 0.3 is 0 Å². The summed E-state index contributed by atoms with van der Waals surface area (Å²) in [4.78, 5) is 0. The summed E-state index contributed by atoms with van der Waals surface area (Å²) in [7, 11) is 0. The van der Waals surface area contributed by atoms with Crippen molar-refractivity contribution in [2.45, 2.75) is 19.8 Å². The first-order valence-electron chi connectivity index (χ1n) is 4.64. The third kappa shape index (κ3) is 1.70. The van der Waals surface area contributed by atoms with E-state index in [9.17, 15) is 0 Å². The van der Waals surface area contributed by atoms with Crippen LogP contribution < -0.4 is 5.73 Å².